The van der Waals surface area contributed by atoms with Crippen LogP contribution < -0.4 is 70.2 Å². The van der Waals surface area contributed by atoms with E-state index >= 15 is 0 Å². The van der Waals surface area contributed by atoms with Gasteiger partial charge in [-0.2, -0.15) is 8.42 Å². The minimum atomic E-state index is -4.99. The van der Waals surface area contributed by atoms with E-state index in [-0.39, 0.29) is 77.1 Å². The molecule has 2 heterocycles. The summed E-state index contributed by atoms with van der Waals surface area (Å²) in [5, 5.41) is 15.9. The first-order valence-electron chi connectivity index (χ1n) is 8.25. The summed E-state index contributed by atoms with van der Waals surface area (Å²) in [5.41, 5.74) is 4.86. The molecule has 15 nitrogen and oxygen atoms in total. The number of carboxylic acids is 1. The van der Waals surface area contributed by atoms with Gasteiger partial charge in [0.25, 0.3) is 11.8 Å². The summed E-state index contributed by atoms with van der Waals surface area (Å²) in [4.78, 5) is 55.4. The van der Waals surface area contributed by atoms with Crippen molar-refractivity contribution in [2.45, 2.75) is 32.0 Å². The van der Waals surface area contributed by atoms with E-state index < -0.39 is 64.6 Å². The van der Waals surface area contributed by atoms with Crippen LogP contribution in [0, 0.1) is 0 Å². The molecule has 3 atom stereocenters. The fourth-order valence-corrected chi connectivity index (χ4v) is 3.73. The minimum absolute atomic E-state index is 0. The standard InChI is InChI=1S/C14H17N5O10S2.2Na.2H/c1-5(13(23)24)29-18-9(7-4-30-14(15)16-7)11(21)17-10-8(3-28-6(2)20)19(12(10)22)31(25,26)27;;;;/h4-5,8,10H,3H2,1-2H3,(H2,15,16)(H,17,21)(H,23,24)(H,25,26,27);;;;/q;2*+1;2*-1/b18-9+;;;;/t5?,8-,10+;;;;/m0..../s1. The molecular formula is C14H19N5Na2O10S2. The summed E-state index contributed by atoms with van der Waals surface area (Å²) in [6.45, 7) is 1.53. The number of ether oxygens (including phenoxy) is 1. The number of hydrogen-bond acceptors (Lipinski definition) is 12. The Bertz CT molecular complexity index is 1060. The quantitative estimate of drug-likeness (QED) is 0.0586. The summed E-state index contributed by atoms with van der Waals surface area (Å²) < 4.78 is 36.7. The SMILES string of the molecule is CC(=O)OC[C@H]1[C@@H](NC(=O)/C(=N/OC(C)C(=O)O)c2csc(N)n2)C(=O)N1S(=O)(=O)O.[H-].[H-].[Na+].[Na+]. The zero-order valence-electron chi connectivity index (χ0n) is 19.9. The molecule has 19 heteroatoms. The Hall–Kier alpha value is -1.31. The Morgan fingerprint density at radius 1 is 1.42 bits per heavy atom. The van der Waals surface area contributed by atoms with Gasteiger partial charge in [0.2, 0.25) is 6.10 Å². The molecule has 0 aliphatic carbocycles. The van der Waals surface area contributed by atoms with Gasteiger partial charge in [-0.15, -0.1) is 11.3 Å². The third-order valence-electron chi connectivity index (χ3n) is 3.79. The number of β-lactam (4-membered cyclic amide) rings is 1. The Balaban J connectivity index is -0.00000256. The molecule has 0 bridgehead atoms. The predicted molar refractivity (Wildman–Crippen MR) is 104 cm³/mol. The summed E-state index contributed by atoms with van der Waals surface area (Å²) in [5.74, 6) is -4.47. The van der Waals surface area contributed by atoms with Crippen molar-refractivity contribution in [3.8, 4) is 0 Å². The number of nitrogen functional groups attached to an aromatic ring is 1. The molecule has 0 saturated carbocycles. The van der Waals surface area contributed by atoms with Crippen LogP contribution in [0.3, 0.4) is 0 Å². The second-order valence-electron chi connectivity index (χ2n) is 6.03. The summed E-state index contributed by atoms with van der Waals surface area (Å²) >= 11 is 0.934. The van der Waals surface area contributed by atoms with Crippen LogP contribution in [0.2, 0.25) is 0 Å². The second-order valence-corrected chi connectivity index (χ2v) is 8.21. The number of amides is 2. The summed E-state index contributed by atoms with van der Waals surface area (Å²) in [6.07, 6.45) is -1.43. The van der Waals surface area contributed by atoms with Crippen LogP contribution in [0.4, 0.5) is 5.13 Å². The van der Waals surface area contributed by atoms with Crippen LogP contribution in [0.15, 0.2) is 10.5 Å². The van der Waals surface area contributed by atoms with E-state index in [2.05, 4.69) is 20.2 Å². The topological polar surface area (TPSA) is 228 Å². The molecule has 1 saturated heterocycles. The molecule has 0 spiro atoms. The number of anilines is 1. The smallest absolute Gasteiger partial charge is 1.00 e. The number of nitrogens with zero attached hydrogens (tertiary/aromatic N) is 3. The fourth-order valence-electron chi connectivity index (χ4n) is 2.32. The van der Waals surface area contributed by atoms with Gasteiger partial charge in [-0.3, -0.25) is 18.9 Å². The van der Waals surface area contributed by atoms with Gasteiger partial charge in [0.1, 0.15) is 24.4 Å². The molecule has 1 unspecified atom stereocenters. The first-order chi connectivity index (χ1) is 14.3. The second kappa shape index (κ2) is 13.0. The number of esters is 1. The first-order valence-corrected chi connectivity index (χ1v) is 10.5. The maximum absolute atomic E-state index is 12.7. The van der Waals surface area contributed by atoms with Crippen molar-refractivity contribution in [1.29, 1.82) is 0 Å². The molecule has 5 N–H and O–H groups in total. The van der Waals surface area contributed by atoms with E-state index in [4.69, 9.17) is 15.7 Å². The van der Waals surface area contributed by atoms with Crippen molar-refractivity contribution in [3.63, 3.8) is 0 Å². The zero-order chi connectivity index (χ0) is 23.5. The minimum Gasteiger partial charge on any atom is -1.00 e. The molecule has 2 amide bonds. The van der Waals surface area contributed by atoms with Crippen molar-refractivity contribution in [3.05, 3.63) is 11.1 Å². The average molecular weight is 527 g/mol. The van der Waals surface area contributed by atoms with Crippen LogP contribution in [0.25, 0.3) is 0 Å². The van der Waals surface area contributed by atoms with Gasteiger partial charge in [-0.1, -0.05) is 5.16 Å². The number of oxime groups is 1. The molecule has 33 heavy (non-hydrogen) atoms. The molecule has 0 aromatic carbocycles. The van der Waals surface area contributed by atoms with Crippen LogP contribution in [-0.2, 0) is 39.1 Å². The fraction of sp³-hybridized carbons (Fsp3) is 0.429. The molecule has 2 rings (SSSR count). The van der Waals surface area contributed by atoms with Crippen molar-refractivity contribution >= 4 is 56.2 Å². The molecule has 174 valence electrons. The molecule has 1 aromatic rings. The molecular weight excluding hydrogens is 508 g/mol. The van der Waals surface area contributed by atoms with E-state index in [0.29, 0.717) is 0 Å². The molecule has 1 aliphatic rings. The van der Waals surface area contributed by atoms with Gasteiger partial charge < -0.3 is 28.6 Å². The predicted octanol–water partition coefficient (Wildman–Crippen LogP) is -7.79. The molecule has 0 radical (unpaired) electrons. The number of thiazole rings is 1. The number of hydrogen-bond donors (Lipinski definition) is 4. The Kier molecular flexibility index (Phi) is 12.4. The number of rotatable bonds is 9. The molecule has 1 fully saturated rings. The summed E-state index contributed by atoms with van der Waals surface area (Å²) in [6, 6.07) is -2.96. The number of carboxylic acid groups (broad SMARTS) is 1. The number of carbonyl (C=O) groups is 4. The van der Waals surface area contributed by atoms with E-state index in [1.807, 2.05) is 0 Å². The third kappa shape index (κ3) is 8.15. The van der Waals surface area contributed by atoms with Crippen LogP contribution in [0.1, 0.15) is 22.4 Å². The number of nitrogens with one attached hydrogen (secondary N) is 1. The van der Waals surface area contributed by atoms with Crippen molar-refractivity contribution < 1.29 is 109 Å². The summed E-state index contributed by atoms with van der Waals surface area (Å²) in [7, 11) is -4.99. The van der Waals surface area contributed by atoms with Gasteiger partial charge in [-0.05, 0) is 6.92 Å². The van der Waals surface area contributed by atoms with E-state index in [1.165, 1.54) is 5.38 Å². The van der Waals surface area contributed by atoms with Crippen molar-refractivity contribution in [1.82, 2.24) is 14.6 Å². The maximum atomic E-state index is 12.7. The van der Waals surface area contributed by atoms with E-state index in [1.54, 1.807) is 0 Å². The van der Waals surface area contributed by atoms with Crippen LogP contribution >= 0.6 is 11.3 Å². The van der Waals surface area contributed by atoms with Crippen molar-refractivity contribution in [2.24, 2.45) is 5.16 Å². The number of aromatic nitrogens is 1. The van der Waals surface area contributed by atoms with Gasteiger partial charge in [-0.25, -0.2) is 14.1 Å². The Morgan fingerprint density at radius 3 is 2.48 bits per heavy atom. The first kappa shape index (κ1) is 31.7. The zero-order valence-corrected chi connectivity index (χ0v) is 23.5. The van der Waals surface area contributed by atoms with Crippen molar-refractivity contribution in [2.75, 3.05) is 12.3 Å². The van der Waals surface area contributed by atoms with Gasteiger partial charge in [0.05, 0.1) is 0 Å². The Morgan fingerprint density at radius 2 is 2.03 bits per heavy atom. The molecule has 1 aromatic heterocycles. The number of nitrogens with two attached hydrogens (primary N) is 1. The molecule has 1 aliphatic heterocycles. The maximum Gasteiger partial charge on any atom is 1.00 e. The Labute approximate surface area is 238 Å². The van der Waals surface area contributed by atoms with Crippen LogP contribution in [-0.4, -0.2) is 81.6 Å². The van der Waals surface area contributed by atoms with Gasteiger partial charge in [0.15, 0.2) is 10.8 Å². The average Bonchev–Trinajstić information content (AvgIpc) is 3.07. The normalized spacial score (nSPS) is 18.7. The van der Waals surface area contributed by atoms with Crippen LogP contribution in [0.5, 0.6) is 0 Å². The monoisotopic (exact) mass is 527 g/mol. The van der Waals surface area contributed by atoms with E-state index in [9.17, 15) is 32.1 Å². The van der Waals surface area contributed by atoms with Gasteiger partial charge in [0, 0.05) is 12.3 Å². The number of aliphatic carboxylic acids is 1. The largest absolute Gasteiger partial charge is 1.00 e. The third-order valence-corrected chi connectivity index (χ3v) is 5.41. The number of carbonyl (C=O) groups excluding carboxylic acids is 3. The van der Waals surface area contributed by atoms with E-state index in [0.717, 1.165) is 25.2 Å². The van der Waals surface area contributed by atoms with Gasteiger partial charge >= 0.3 is 81.4 Å².